The van der Waals surface area contributed by atoms with Gasteiger partial charge in [-0.1, -0.05) is 11.6 Å². The number of imide groups is 1. The number of carbonyl (C=O) groups is 4. The monoisotopic (exact) mass is 482 g/mol. The van der Waals surface area contributed by atoms with Crippen molar-refractivity contribution >= 4 is 56.9 Å². The predicted molar refractivity (Wildman–Crippen MR) is 108 cm³/mol. The summed E-state index contributed by atoms with van der Waals surface area (Å²) in [6, 6.07) is 3.36. The Labute approximate surface area is 181 Å². The number of amides is 3. The third kappa shape index (κ3) is 3.68. The highest BCUT2D eigenvalue weighted by molar-refractivity contribution is 9.10. The third-order valence-corrected chi connectivity index (χ3v) is 7.41. The van der Waals surface area contributed by atoms with Gasteiger partial charge in [-0.2, -0.15) is 0 Å². The number of nitrogens with one attached hydrogen (secondary N) is 1. The number of hydrogen-bond acceptors (Lipinski definition) is 5. The van der Waals surface area contributed by atoms with Crippen LogP contribution < -0.4 is 5.32 Å². The fourth-order valence-electron chi connectivity index (χ4n) is 4.91. The molecule has 3 fully saturated rings. The fourth-order valence-corrected chi connectivity index (χ4v) is 5.54. The van der Waals surface area contributed by atoms with Gasteiger partial charge in [0.05, 0.1) is 16.9 Å². The molecule has 0 spiro atoms. The standard InChI is InChI=1S/C20H20BrClN2O5/c1-9-4-12(21)13(22)6-14(9)23-15(25)8-29-16(26)7-24-19(27)17-10-2-3-11(5-10)18(17)20(24)28/h4,6,10-11,17-18H,2-3,5,7-8H2,1H3,(H,23,25)/t10-,11-,17-,18+/m0/s1. The Morgan fingerprint density at radius 3 is 2.45 bits per heavy atom. The highest BCUT2D eigenvalue weighted by Gasteiger charge is 2.61. The summed E-state index contributed by atoms with van der Waals surface area (Å²) in [6.45, 7) is 0.845. The highest BCUT2D eigenvalue weighted by atomic mass is 79.9. The van der Waals surface area contributed by atoms with E-state index in [1.165, 1.54) is 0 Å². The number of aryl methyl sites for hydroxylation is 1. The number of anilines is 1. The summed E-state index contributed by atoms with van der Waals surface area (Å²) < 4.78 is 5.69. The molecule has 1 saturated heterocycles. The van der Waals surface area contributed by atoms with Gasteiger partial charge in [0.25, 0.3) is 5.91 Å². The maximum atomic E-state index is 12.6. The van der Waals surface area contributed by atoms with Gasteiger partial charge in [0.2, 0.25) is 11.8 Å². The summed E-state index contributed by atoms with van der Waals surface area (Å²) >= 11 is 9.33. The summed E-state index contributed by atoms with van der Waals surface area (Å²) in [4.78, 5) is 50.4. The number of ether oxygens (including phenoxy) is 1. The van der Waals surface area contributed by atoms with Gasteiger partial charge >= 0.3 is 5.97 Å². The van der Waals surface area contributed by atoms with Crippen LogP contribution >= 0.6 is 27.5 Å². The van der Waals surface area contributed by atoms with E-state index in [9.17, 15) is 19.2 Å². The molecule has 3 aliphatic rings. The summed E-state index contributed by atoms with van der Waals surface area (Å²) in [5, 5.41) is 3.07. The Bertz CT molecular complexity index is 892. The Kier molecular flexibility index (Phi) is 5.42. The Hall–Kier alpha value is -1.93. The minimum Gasteiger partial charge on any atom is -0.454 e. The summed E-state index contributed by atoms with van der Waals surface area (Å²) in [5.41, 5.74) is 1.29. The molecule has 3 amide bonds. The molecule has 154 valence electrons. The number of nitrogens with zero attached hydrogens (tertiary/aromatic N) is 1. The van der Waals surface area contributed by atoms with Crippen LogP contribution in [0.5, 0.6) is 0 Å². The predicted octanol–water partition coefficient (Wildman–Crippen LogP) is 2.92. The topological polar surface area (TPSA) is 92.8 Å². The zero-order valence-corrected chi connectivity index (χ0v) is 18.1. The molecule has 9 heteroatoms. The average molecular weight is 484 g/mol. The maximum Gasteiger partial charge on any atom is 0.326 e. The number of benzene rings is 1. The number of esters is 1. The van der Waals surface area contributed by atoms with Crippen molar-refractivity contribution in [3.63, 3.8) is 0 Å². The lowest BCUT2D eigenvalue weighted by molar-refractivity contribution is -0.154. The zero-order chi connectivity index (χ0) is 20.9. The number of fused-ring (bicyclic) bond motifs is 5. The van der Waals surface area contributed by atoms with Crippen molar-refractivity contribution in [2.45, 2.75) is 26.2 Å². The van der Waals surface area contributed by atoms with E-state index in [1.54, 1.807) is 19.1 Å². The normalized spacial score (nSPS) is 27.3. The minimum atomic E-state index is -0.778. The summed E-state index contributed by atoms with van der Waals surface area (Å²) in [6.07, 6.45) is 2.89. The van der Waals surface area contributed by atoms with E-state index in [0.717, 1.165) is 29.7 Å². The van der Waals surface area contributed by atoms with E-state index in [1.807, 2.05) is 0 Å². The Balaban J connectivity index is 1.30. The molecule has 2 bridgehead atoms. The molecule has 0 unspecified atom stereocenters. The van der Waals surface area contributed by atoms with Crippen LogP contribution in [0.25, 0.3) is 0 Å². The first-order valence-corrected chi connectivity index (χ1v) is 10.7. The maximum absolute atomic E-state index is 12.6. The lowest BCUT2D eigenvalue weighted by Gasteiger charge is -2.19. The third-order valence-electron chi connectivity index (χ3n) is 6.21. The molecular weight excluding hydrogens is 464 g/mol. The lowest BCUT2D eigenvalue weighted by atomic mass is 9.81. The van der Waals surface area contributed by atoms with E-state index in [2.05, 4.69) is 21.2 Å². The molecule has 7 nitrogen and oxygen atoms in total. The quantitative estimate of drug-likeness (QED) is 0.513. The van der Waals surface area contributed by atoms with Crippen molar-refractivity contribution < 1.29 is 23.9 Å². The minimum absolute atomic E-state index is 0.259. The molecule has 2 aliphatic carbocycles. The molecule has 0 aromatic heterocycles. The zero-order valence-electron chi connectivity index (χ0n) is 15.7. The summed E-state index contributed by atoms with van der Waals surface area (Å²) in [5.74, 6) is -1.88. The van der Waals surface area contributed by atoms with Crippen LogP contribution in [0.15, 0.2) is 16.6 Å². The molecule has 2 saturated carbocycles. The molecular formula is C20H20BrClN2O5. The molecule has 29 heavy (non-hydrogen) atoms. The van der Waals surface area contributed by atoms with Crippen molar-refractivity contribution in [2.75, 3.05) is 18.5 Å². The van der Waals surface area contributed by atoms with E-state index in [-0.39, 0.29) is 35.5 Å². The smallest absolute Gasteiger partial charge is 0.326 e. The van der Waals surface area contributed by atoms with E-state index in [0.29, 0.717) is 15.2 Å². The van der Waals surface area contributed by atoms with Crippen LogP contribution in [0.1, 0.15) is 24.8 Å². The van der Waals surface area contributed by atoms with Gasteiger partial charge in [-0.3, -0.25) is 24.1 Å². The van der Waals surface area contributed by atoms with Crippen LogP contribution in [-0.4, -0.2) is 41.7 Å². The van der Waals surface area contributed by atoms with Gasteiger partial charge in [0, 0.05) is 10.2 Å². The Morgan fingerprint density at radius 2 is 1.83 bits per heavy atom. The highest BCUT2D eigenvalue weighted by Crippen LogP contribution is 2.56. The van der Waals surface area contributed by atoms with E-state index in [4.69, 9.17) is 16.3 Å². The Morgan fingerprint density at radius 1 is 1.21 bits per heavy atom. The number of hydrogen-bond donors (Lipinski definition) is 1. The van der Waals surface area contributed by atoms with Gasteiger partial charge in [0.15, 0.2) is 6.61 Å². The van der Waals surface area contributed by atoms with Gasteiger partial charge in [0.1, 0.15) is 6.54 Å². The van der Waals surface area contributed by atoms with Crippen LogP contribution in [-0.2, 0) is 23.9 Å². The molecule has 0 radical (unpaired) electrons. The second-order valence-electron chi connectivity index (χ2n) is 7.94. The molecule has 1 aromatic carbocycles. The second-order valence-corrected chi connectivity index (χ2v) is 9.20. The molecule has 1 aliphatic heterocycles. The second kappa shape index (κ2) is 7.72. The van der Waals surface area contributed by atoms with Crippen LogP contribution in [0, 0.1) is 30.6 Å². The number of halogens is 2. The van der Waals surface area contributed by atoms with Gasteiger partial charge in [-0.15, -0.1) is 0 Å². The first-order valence-electron chi connectivity index (χ1n) is 9.52. The van der Waals surface area contributed by atoms with E-state index < -0.39 is 25.0 Å². The molecule has 4 rings (SSSR count). The SMILES string of the molecule is Cc1cc(Br)c(Cl)cc1NC(=O)COC(=O)CN1C(=O)[C@@H]2[C@H]3CC[C@@H](C3)[C@@H]2C1=O. The lowest BCUT2D eigenvalue weighted by Crippen LogP contribution is -2.38. The average Bonchev–Trinajstić information content (AvgIpc) is 3.34. The van der Waals surface area contributed by atoms with Crippen molar-refractivity contribution in [3.8, 4) is 0 Å². The summed E-state index contributed by atoms with van der Waals surface area (Å²) in [7, 11) is 0. The first kappa shape index (κ1) is 20.3. The van der Waals surface area contributed by atoms with Crippen LogP contribution in [0.3, 0.4) is 0 Å². The van der Waals surface area contributed by atoms with Crippen LogP contribution in [0.4, 0.5) is 5.69 Å². The molecule has 1 N–H and O–H groups in total. The number of likely N-dealkylation sites (tertiary alicyclic amines) is 1. The van der Waals surface area contributed by atoms with E-state index >= 15 is 0 Å². The van der Waals surface area contributed by atoms with Crippen LogP contribution in [0.2, 0.25) is 5.02 Å². The fraction of sp³-hybridized carbons (Fsp3) is 0.500. The number of rotatable bonds is 5. The molecule has 1 heterocycles. The largest absolute Gasteiger partial charge is 0.454 e. The van der Waals surface area contributed by atoms with Crippen molar-refractivity contribution in [2.24, 2.45) is 23.7 Å². The number of carbonyl (C=O) groups excluding carboxylic acids is 4. The molecule has 4 atom stereocenters. The molecule has 1 aromatic rings. The van der Waals surface area contributed by atoms with Crippen molar-refractivity contribution in [3.05, 3.63) is 27.2 Å². The first-order chi connectivity index (χ1) is 13.8. The van der Waals surface area contributed by atoms with Gasteiger partial charge in [-0.25, -0.2) is 0 Å². The van der Waals surface area contributed by atoms with Gasteiger partial charge < -0.3 is 10.1 Å². The van der Waals surface area contributed by atoms with Crippen molar-refractivity contribution in [1.82, 2.24) is 4.90 Å². The van der Waals surface area contributed by atoms with Crippen molar-refractivity contribution in [1.29, 1.82) is 0 Å². The van der Waals surface area contributed by atoms with Gasteiger partial charge in [-0.05, 0) is 71.6 Å².